The van der Waals surface area contributed by atoms with Crippen LogP contribution in [0.25, 0.3) is 22.6 Å². The van der Waals surface area contributed by atoms with Crippen LogP contribution in [0.4, 0.5) is 0 Å². The molecule has 0 aliphatic heterocycles. The van der Waals surface area contributed by atoms with E-state index in [1.165, 1.54) is 12.0 Å². The Morgan fingerprint density at radius 1 is 1.00 bits per heavy atom. The minimum Gasteiger partial charge on any atom is -0.465 e. The number of rotatable bonds is 5. The maximum atomic E-state index is 13.4. The molecule has 170 valence electrons. The monoisotopic (exact) mass is 469 g/mol. The normalized spacial score (nSPS) is 14.1. The largest absolute Gasteiger partial charge is 0.465 e. The lowest BCUT2D eigenvalue weighted by Gasteiger charge is -2.22. The Bertz CT molecular complexity index is 1390. The van der Waals surface area contributed by atoms with Crippen molar-refractivity contribution in [2.24, 2.45) is 0 Å². The highest BCUT2D eigenvalue weighted by Gasteiger charge is 2.26. The van der Waals surface area contributed by atoms with E-state index in [0.717, 1.165) is 52.6 Å². The Morgan fingerprint density at radius 3 is 2.59 bits per heavy atom. The molecule has 2 heterocycles. The molecule has 0 atom stereocenters. The number of para-hydroxylation sites is 1. The van der Waals surface area contributed by atoms with Crippen molar-refractivity contribution in [1.82, 2.24) is 4.98 Å². The Balaban J connectivity index is 1.49. The Morgan fingerprint density at radius 2 is 1.82 bits per heavy atom. The number of allylic oxidation sites excluding steroid dienone is 1. The van der Waals surface area contributed by atoms with E-state index in [0.29, 0.717) is 11.1 Å². The number of methoxy groups -OCH3 is 1. The summed E-state index contributed by atoms with van der Waals surface area (Å²) in [4.78, 5) is 31.2. The second-order valence-electron chi connectivity index (χ2n) is 8.13. The van der Waals surface area contributed by atoms with Crippen LogP contribution in [0.3, 0.4) is 0 Å². The SMILES string of the molecule is COC(=O)c1ccc(COC(=O)c2c3c(nc4ccccc24)C(=Cc2cccs2)CCC3)cc1. The molecule has 4 aromatic rings. The lowest BCUT2D eigenvalue weighted by molar-refractivity contribution is 0.0472. The van der Waals surface area contributed by atoms with Gasteiger partial charge in [0.2, 0.25) is 0 Å². The van der Waals surface area contributed by atoms with Crippen molar-refractivity contribution in [3.05, 3.63) is 98.9 Å². The standard InChI is InChI=1S/C28H23NO4S/c1-32-27(30)19-13-11-18(12-14-19)17-33-28(31)25-22-8-2-3-10-24(22)29-26-20(6-4-9-23(25)26)16-21-7-5-15-34-21/h2-3,5,7-8,10-16H,4,6,9,17H2,1H3. The van der Waals surface area contributed by atoms with E-state index in [1.54, 1.807) is 35.6 Å². The highest BCUT2D eigenvalue weighted by Crippen LogP contribution is 2.37. The van der Waals surface area contributed by atoms with Gasteiger partial charge in [0.1, 0.15) is 6.61 Å². The van der Waals surface area contributed by atoms with Crippen molar-refractivity contribution in [2.45, 2.75) is 25.9 Å². The minimum atomic E-state index is -0.398. The van der Waals surface area contributed by atoms with Crippen LogP contribution in [-0.2, 0) is 22.5 Å². The van der Waals surface area contributed by atoms with Gasteiger partial charge in [0, 0.05) is 10.3 Å². The summed E-state index contributed by atoms with van der Waals surface area (Å²) in [5.41, 5.74) is 5.65. The first-order valence-electron chi connectivity index (χ1n) is 11.1. The molecule has 0 amide bonds. The van der Waals surface area contributed by atoms with E-state index in [2.05, 4.69) is 17.5 Å². The predicted octanol–water partition coefficient (Wildman–Crippen LogP) is 6.32. The second-order valence-corrected chi connectivity index (χ2v) is 9.11. The highest BCUT2D eigenvalue weighted by molar-refractivity contribution is 7.10. The number of hydrogen-bond donors (Lipinski definition) is 0. The van der Waals surface area contributed by atoms with Gasteiger partial charge in [-0.1, -0.05) is 36.4 Å². The lowest BCUT2D eigenvalue weighted by Crippen LogP contribution is -2.15. The zero-order valence-electron chi connectivity index (χ0n) is 18.7. The van der Waals surface area contributed by atoms with Crippen LogP contribution in [0.5, 0.6) is 0 Å². The number of thiophene rings is 1. The topological polar surface area (TPSA) is 65.5 Å². The van der Waals surface area contributed by atoms with Crippen LogP contribution in [0.15, 0.2) is 66.0 Å². The molecule has 0 spiro atoms. The van der Waals surface area contributed by atoms with Crippen LogP contribution in [0, 0.1) is 0 Å². The van der Waals surface area contributed by atoms with Crippen LogP contribution in [0.1, 0.15) is 55.3 Å². The Labute approximate surface area is 201 Å². The molecule has 0 saturated carbocycles. The average molecular weight is 470 g/mol. The molecule has 2 aromatic heterocycles. The van der Waals surface area contributed by atoms with Crippen LogP contribution in [-0.4, -0.2) is 24.0 Å². The van der Waals surface area contributed by atoms with Crippen molar-refractivity contribution >= 4 is 45.8 Å². The Hall–Kier alpha value is -3.77. The predicted molar refractivity (Wildman–Crippen MR) is 134 cm³/mol. The maximum absolute atomic E-state index is 13.4. The average Bonchev–Trinajstić information content (AvgIpc) is 3.39. The molecular formula is C28H23NO4S. The first kappa shape index (κ1) is 22.0. The van der Waals surface area contributed by atoms with Crippen molar-refractivity contribution in [1.29, 1.82) is 0 Å². The smallest absolute Gasteiger partial charge is 0.339 e. The molecule has 34 heavy (non-hydrogen) atoms. The summed E-state index contributed by atoms with van der Waals surface area (Å²) in [6, 6.07) is 18.7. The van der Waals surface area contributed by atoms with Crippen molar-refractivity contribution < 1.29 is 19.1 Å². The van der Waals surface area contributed by atoms with Gasteiger partial charge in [-0.05, 0) is 71.7 Å². The van der Waals surface area contributed by atoms with Crippen molar-refractivity contribution in [3.63, 3.8) is 0 Å². The maximum Gasteiger partial charge on any atom is 0.339 e. The Kier molecular flexibility index (Phi) is 6.23. The summed E-state index contributed by atoms with van der Waals surface area (Å²) in [5.74, 6) is -0.755. The van der Waals surface area contributed by atoms with Gasteiger partial charge in [-0.25, -0.2) is 14.6 Å². The van der Waals surface area contributed by atoms with Gasteiger partial charge < -0.3 is 9.47 Å². The van der Waals surface area contributed by atoms with Gasteiger partial charge in [-0.2, -0.15) is 0 Å². The lowest BCUT2D eigenvalue weighted by atomic mass is 9.86. The molecule has 0 N–H and O–H groups in total. The number of pyridine rings is 1. The molecule has 0 unspecified atom stereocenters. The highest BCUT2D eigenvalue weighted by atomic mass is 32.1. The summed E-state index contributed by atoms with van der Waals surface area (Å²) in [5, 5.41) is 2.87. The van der Waals surface area contributed by atoms with Gasteiger partial charge in [0.25, 0.3) is 0 Å². The van der Waals surface area contributed by atoms with Crippen LogP contribution in [0.2, 0.25) is 0 Å². The number of aromatic nitrogens is 1. The molecular weight excluding hydrogens is 446 g/mol. The fraction of sp³-hybridized carbons (Fsp3) is 0.179. The van der Waals surface area contributed by atoms with E-state index in [4.69, 9.17) is 14.5 Å². The van der Waals surface area contributed by atoms with Crippen molar-refractivity contribution in [3.8, 4) is 0 Å². The van der Waals surface area contributed by atoms with E-state index >= 15 is 0 Å². The van der Waals surface area contributed by atoms with Crippen LogP contribution < -0.4 is 0 Å². The van der Waals surface area contributed by atoms with Gasteiger partial charge in [0.05, 0.1) is 29.4 Å². The molecule has 0 saturated heterocycles. The van der Waals surface area contributed by atoms with E-state index in [9.17, 15) is 9.59 Å². The molecule has 2 aromatic carbocycles. The molecule has 6 heteroatoms. The second kappa shape index (κ2) is 9.61. The number of ether oxygens (including phenoxy) is 2. The molecule has 5 rings (SSSR count). The third-order valence-electron chi connectivity index (χ3n) is 5.98. The van der Waals surface area contributed by atoms with Gasteiger partial charge in [-0.15, -0.1) is 11.3 Å². The van der Waals surface area contributed by atoms with E-state index in [-0.39, 0.29) is 12.6 Å². The zero-order chi connectivity index (χ0) is 23.5. The molecule has 1 aliphatic carbocycles. The number of carbonyl (C=O) groups excluding carboxylic acids is 2. The van der Waals surface area contributed by atoms with Gasteiger partial charge in [-0.3, -0.25) is 0 Å². The molecule has 5 nitrogen and oxygen atoms in total. The van der Waals surface area contributed by atoms with E-state index in [1.807, 2.05) is 30.3 Å². The number of esters is 2. The summed E-state index contributed by atoms with van der Waals surface area (Å²) in [6.45, 7) is 0.115. The van der Waals surface area contributed by atoms with Crippen LogP contribution >= 0.6 is 11.3 Å². The first-order chi connectivity index (χ1) is 16.6. The summed E-state index contributed by atoms with van der Waals surface area (Å²) >= 11 is 1.69. The number of fused-ring (bicyclic) bond motifs is 2. The number of nitrogens with zero attached hydrogens (tertiary/aromatic N) is 1. The van der Waals surface area contributed by atoms with Gasteiger partial charge >= 0.3 is 11.9 Å². The minimum absolute atomic E-state index is 0.115. The number of benzene rings is 2. The molecule has 0 radical (unpaired) electrons. The molecule has 0 fully saturated rings. The summed E-state index contributed by atoms with van der Waals surface area (Å²) in [6.07, 6.45) is 4.85. The third-order valence-corrected chi connectivity index (χ3v) is 6.80. The summed E-state index contributed by atoms with van der Waals surface area (Å²) < 4.78 is 10.5. The quantitative estimate of drug-likeness (QED) is 0.320. The fourth-order valence-corrected chi connectivity index (χ4v) is 5.01. The number of hydrogen-bond acceptors (Lipinski definition) is 6. The van der Waals surface area contributed by atoms with E-state index < -0.39 is 5.97 Å². The fourth-order valence-electron chi connectivity index (χ4n) is 4.33. The first-order valence-corrected chi connectivity index (χ1v) is 12.0. The zero-order valence-corrected chi connectivity index (χ0v) is 19.6. The van der Waals surface area contributed by atoms with Gasteiger partial charge in [0.15, 0.2) is 0 Å². The van der Waals surface area contributed by atoms with Crippen molar-refractivity contribution in [2.75, 3.05) is 7.11 Å². The number of carbonyl (C=O) groups is 2. The molecule has 0 bridgehead atoms. The third kappa shape index (κ3) is 4.37. The summed E-state index contributed by atoms with van der Waals surface area (Å²) in [7, 11) is 1.35. The molecule has 1 aliphatic rings.